The van der Waals surface area contributed by atoms with Crippen LogP contribution in [0.5, 0.6) is 0 Å². The van der Waals surface area contributed by atoms with E-state index in [0.29, 0.717) is 0 Å². The quantitative estimate of drug-likeness (QED) is 0.188. The van der Waals surface area contributed by atoms with Gasteiger partial charge in [0.2, 0.25) is 0 Å². The highest BCUT2D eigenvalue weighted by molar-refractivity contribution is 7.18. The molecule has 0 saturated heterocycles. The van der Waals surface area contributed by atoms with Crippen molar-refractivity contribution in [3.05, 3.63) is 58.8 Å². The second kappa shape index (κ2) is 7.85. The second-order valence-corrected chi connectivity index (χ2v) is 9.68. The maximum atomic E-state index is 2.41. The summed E-state index contributed by atoms with van der Waals surface area (Å²) in [5.74, 6) is 0. The third kappa shape index (κ3) is 3.13. The van der Waals surface area contributed by atoms with Crippen LogP contribution in [0, 0.1) is 0 Å². The summed E-state index contributed by atoms with van der Waals surface area (Å²) in [5.41, 5.74) is 1.55. The van der Waals surface area contributed by atoms with Crippen molar-refractivity contribution < 1.29 is 0 Å². The summed E-state index contributed by atoms with van der Waals surface area (Å²) in [7, 11) is 0. The van der Waals surface area contributed by atoms with E-state index in [-0.39, 0.29) is 0 Å². The molecule has 0 unspecified atom stereocenters. The van der Waals surface area contributed by atoms with Gasteiger partial charge in [-0.3, -0.25) is 0 Å². The van der Waals surface area contributed by atoms with Gasteiger partial charge in [-0.1, -0.05) is 75.4 Å². The minimum atomic E-state index is 1.22. The van der Waals surface area contributed by atoms with Crippen molar-refractivity contribution in [2.24, 2.45) is 0 Å². The molecular formula is C26H26S2. The monoisotopic (exact) mass is 402 g/mol. The van der Waals surface area contributed by atoms with Crippen LogP contribution in [0.25, 0.3) is 41.7 Å². The molecule has 0 saturated carbocycles. The Bertz CT molecular complexity index is 1260. The van der Waals surface area contributed by atoms with Crippen molar-refractivity contribution in [1.82, 2.24) is 0 Å². The van der Waals surface area contributed by atoms with Gasteiger partial charge in [0, 0.05) is 20.2 Å². The normalized spacial score (nSPS) is 12.0. The summed E-state index contributed by atoms with van der Waals surface area (Å²) in [6, 6.07) is 16.2. The fraction of sp³-hybridized carbons (Fsp3) is 0.308. The van der Waals surface area contributed by atoms with Crippen LogP contribution in [0.1, 0.15) is 51.0 Å². The molecule has 0 aliphatic carbocycles. The number of fused-ring (bicyclic) bond motifs is 7. The summed E-state index contributed by atoms with van der Waals surface area (Å²) in [4.78, 5) is 0. The third-order valence-corrected chi connectivity index (χ3v) is 8.07. The molecule has 0 aliphatic heterocycles. The summed E-state index contributed by atoms with van der Waals surface area (Å²) in [5, 5.41) is 13.0. The van der Waals surface area contributed by atoms with Gasteiger partial charge in [-0.15, -0.1) is 22.7 Å². The Balaban J connectivity index is 1.50. The molecule has 5 aromatic rings. The van der Waals surface area contributed by atoms with Crippen LogP contribution < -0.4 is 0 Å². The summed E-state index contributed by atoms with van der Waals surface area (Å²) < 4.78 is 2.88. The Morgan fingerprint density at radius 1 is 0.607 bits per heavy atom. The lowest BCUT2D eigenvalue weighted by Gasteiger charge is -2.07. The molecule has 0 spiro atoms. The second-order valence-electron chi connectivity index (χ2n) is 7.88. The van der Waals surface area contributed by atoms with Crippen LogP contribution in [0.3, 0.4) is 0 Å². The predicted octanol–water partition coefficient (Wildman–Crippen LogP) is 9.33. The van der Waals surface area contributed by atoms with Crippen LogP contribution in [-0.2, 0) is 6.42 Å². The first-order chi connectivity index (χ1) is 13.9. The van der Waals surface area contributed by atoms with Gasteiger partial charge in [-0.25, -0.2) is 0 Å². The molecule has 5 rings (SSSR count). The molecule has 2 aromatic heterocycles. The lowest BCUT2D eigenvalue weighted by Crippen LogP contribution is -1.85. The van der Waals surface area contributed by atoms with Gasteiger partial charge in [-0.2, -0.15) is 0 Å². The Morgan fingerprint density at radius 3 is 2.14 bits per heavy atom. The zero-order valence-electron chi connectivity index (χ0n) is 16.5. The summed E-state index contributed by atoms with van der Waals surface area (Å²) in [6.45, 7) is 2.29. The lowest BCUT2D eigenvalue weighted by atomic mass is 9.98. The fourth-order valence-corrected chi connectivity index (χ4v) is 6.55. The summed E-state index contributed by atoms with van der Waals surface area (Å²) >= 11 is 3.78. The molecule has 0 radical (unpaired) electrons. The largest absolute Gasteiger partial charge is 0.143 e. The van der Waals surface area contributed by atoms with Crippen molar-refractivity contribution >= 4 is 64.4 Å². The van der Waals surface area contributed by atoms with E-state index in [1.165, 1.54) is 86.7 Å². The van der Waals surface area contributed by atoms with Crippen molar-refractivity contribution in [3.63, 3.8) is 0 Å². The minimum absolute atomic E-state index is 1.22. The molecular weight excluding hydrogens is 376 g/mol. The van der Waals surface area contributed by atoms with E-state index in [0.717, 1.165) is 0 Å². The summed E-state index contributed by atoms with van der Waals surface area (Å²) in [6.07, 6.45) is 9.42. The number of hydrogen-bond acceptors (Lipinski definition) is 2. The highest BCUT2D eigenvalue weighted by Gasteiger charge is 2.11. The van der Waals surface area contributed by atoms with Crippen LogP contribution in [0.4, 0.5) is 0 Å². The molecule has 2 heterocycles. The molecule has 0 nitrogen and oxygen atoms in total. The van der Waals surface area contributed by atoms with Gasteiger partial charge in [0.1, 0.15) is 0 Å². The van der Waals surface area contributed by atoms with E-state index >= 15 is 0 Å². The highest BCUT2D eigenvalue weighted by atomic mass is 32.1. The zero-order valence-corrected chi connectivity index (χ0v) is 18.1. The van der Waals surface area contributed by atoms with E-state index in [1.54, 1.807) is 5.56 Å². The molecule has 3 aromatic carbocycles. The molecule has 142 valence electrons. The average molecular weight is 403 g/mol. The van der Waals surface area contributed by atoms with Gasteiger partial charge in [0.25, 0.3) is 0 Å². The maximum Gasteiger partial charge on any atom is 0.0424 e. The Morgan fingerprint density at radius 2 is 1.29 bits per heavy atom. The van der Waals surface area contributed by atoms with E-state index < -0.39 is 0 Å². The Hall–Kier alpha value is -1.90. The molecule has 0 amide bonds. The molecule has 0 aliphatic rings. The average Bonchev–Trinajstić information content (AvgIpc) is 3.37. The van der Waals surface area contributed by atoms with Crippen molar-refractivity contribution in [1.29, 1.82) is 0 Å². The van der Waals surface area contributed by atoms with Crippen LogP contribution >= 0.6 is 22.7 Å². The van der Waals surface area contributed by atoms with E-state index in [4.69, 9.17) is 0 Å². The minimum Gasteiger partial charge on any atom is -0.143 e. The molecule has 2 heteroatoms. The number of unbranched alkanes of at least 4 members (excludes halogenated alkanes) is 5. The smallest absolute Gasteiger partial charge is 0.0424 e. The van der Waals surface area contributed by atoms with Crippen LogP contribution in [0.15, 0.2) is 53.2 Å². The molecule has 0 atom stereocenters. The highest BCUT2D eigenvalue weighted by Crippen LogP contribution is 2.39. The SMILES string of the molecule is CCCCCCCCc1csc2c1ccc1c3ccc4ccsc4c3ccc12. The molecule has 0 N–H and O–H groups in total. The Labute approximate surface area is 174 Å². The van der Waals surface area contributed by atoms with E-state index in [9.17, 15) is 0 Å². The molecule has 28 heavy (non-hydrogen) atoms. The Kier molecular flexibility index (Phi) is 5.09. The lowest BCUT2D eigenvalue weighted by molar-refractivity contribution is 0.608. The third-order valence-electron chi connectivity index (χ3n) is 6.03. The van der Waals surface area contributed by atoms with Gasteiger partial charge >= 0.3 is 0 Å². The van der Waals surface area contributed by atoms with Gasteiger partial charge in [0.05, 0.1) is 0 Å². The first-order valence-electron chi connectivity index (χ1n) is 10.6. The van der Waals surface area contributed by atoms with Crippen LogP contribution in [0.2, 0.25) is 0 Å². The zero-order chi connectivity index (χ0) is 18.9. The number of benzene rings is 3. The van der Waals surface area contributed by atoms with Gasteiger partial charge in [0.15, 0.2) is 0 Å². The van der Waals surface area contributed by atoms with Gasteiger partial charge < -0.3 is 0 Å². The number of rotatable bonds is 7. The maximum absolute atomic E-state index is 2.41. The van der Waals surface area contributed by atoms with Crippen molar-refractivity contribution in [2.45, 2.75) is 51.9 Å². The first kappa shape index (κ1) is 18.1. The van der Waals surface area contributed by atoms with Crippen molar-refractivity contribution in [3.8, 4) is 0 Å². The first-order valence-corrected chi connectivity index (χ1v) is 12.3. The van der Waals surface area contributed by atoms with Crippen molar-refractivity contribution in [2.75, 3.05) is 0 Å². The van der Waals surface area contributed by atoms with Crippen LogP contribution in [-0.4, -0.2) is 0 Å². The molecule has 0 fully saturated rings. The fourth-order valence-electron chi connectivity index (χ4n) is 4.48. The van der Waals surface area contributed by atoms with Gasteiger partial charge in [-0.05, 0) is 56.8 Å². The van der Waals surface area contributed by atoms with E-state index in [2.05, 4.69) is 60.1 Å². The number of hydrogen-bond donors (Lipinski definition) is 0. The van der Waals surface area contributed by atoms with E-state index in [1.807, 2.05) is 22.7 Å². The molecule has 0 bridgehead atoms. The number of aryl methyl sites for hydroxylation is 1. The standard InChI is InChI=1S/C26H26S2/c1-2-3-4-5-6-7-8-19-17-28-26-20(19)11-12-22-21-10-9-18-15-16-27-25(18)23(21)13-14-24(22)26/h9-17H,2-8H2,1H3. The predicted molar refractivity (Wildman–Crippen MR) is 129 cm³/mol. The number of thiophene rings is 2. The topological polar surface area (TPSA) is 0 Å².